The summed E-state index contributed by atoms with van der Waals surface area (Å²) in [5.41, 5.74) is 1.13. The van der Waals surface area contributed by atoms with E-state index in [-0.39, 0.29) is 11.8 Å². The van der Waals surface area contributed by atoms with E-state index >= 15 is 0 Å². The van der Waals surface area contributed by atoms with Gasteiger partial charge in [0.05, 0.1) is 12.9 Å². The highest BCUT2D eigenvalue weighted by atomic mass is 32.2. The molecular weight excluding hydrogens is 306 g/mol. The summed E-state index contributed by atoms with van der Waals surface area (Å²) in [4.78, 5) is 0. The third-order valence-electron chi connectivity index (χ3n) is 3.04. The molecule has 1 rings (SSSR count). The molecule has 0 bridgehead atoms. The Morgan fingerprint density at radius 2 is 2.05 bits per heavy atom. The number of methoxy groups -OCH3 is 1. The first-order chi connectivity index (χ1) is 9.98. The van der Waals surface area contributed by atoms with Crippen molar-refractivity contribution in [2.75, 3.05) is 37.2 Å². The van der Waals surface area contributed by atoms with E-state index in [1.54, 1.807) is 18.9 Å². The van der Waals surface area contributed by atoms with E-state index in [0.29, 0.717) is 5.75 Å². The number of rotatable bonds is 10. The number of sulfone groups is 1. The number of hydrogen-bond donors (Lipinski definition) is 1. The van der Waals surface area contributed by atoms with Crippen LogP contribution < -0.4 is 10.1 Å². The Morgan fingerprint density at radius 3 is 2.67 bits per heavy atom. The van der Waals surface area contributed by atoms with E-state index < -0.39 is 9.84 Å². The Morgan fingerprint density at radius 1 is 1.33 bits per heavy atom. The van der Waals surface area contributed by atoms with Gasteiger partial charge in [-0.3, -0.25) is 0 Å². The minimum Gasteiger partial charge on any atom is -0.496 e. The van der Waals surface area contributed by atoms with Gasteiger partial charge in [-0.1, -0.05) is 25.1 Å². The van der Waals surface area contributed by atoms with Gasteiger partial charge < -0.3 is 10.1 Å². The van der Waals surface area contributed by atoms with Crippen LogP contribution >= 0.6 is 11.8 Å². The van der Waals surface area contributed by atoms with Gasteiger partial charge in [-0.2, -0.15) is 11.8 Å². The number of benzene rings is 1. The lowest BCUT2D eigenvalue weighted by atomic mass is 10.1. The second-order valence-electron chi connectivity index (χ2n) is 4.95. The Kier molecular flexibility index (Phi) is 8.14. The van der Waals surface area contributed by atoms with Gasteiger partial charge in [-0.25, -0.2) is 8.42 Å². The molecule has 0 aliphatic heterocycles. The van der Waals surface area contributed by atoms with Crippen molar-refractivity contribution in [3.05, 3.63) is 29.8 Å². The molecule has 1 aromatic rings. The average Bonchev–Trinajstić information content (AvgIpc) is 2.45. The van der Waals surface area contributed by atoms with Gasteiger partial charge in [-0.15, -0.1) is 0 Å². The van der Waals surface area contributed by atoms with Crippen molar-refractivity contribution in [3.63, 3.8) is 0 Å². The number of thioether (sulfide) groups is 1. The van der Waals surface area contributed by atoms with Gasteiger partial charge in [0.2, 0.25) is 0 Å². The summed E-state index contributed by atoms with van der Waals surface area (Å²) in [7, 11) is -1.21. The molecule has 4 nitrogen and oxygen atoms in total. The Hall–Kier alpha value is -0.720. The van der Waals surface area contributed by atoms with E-state index in [4.69, 9.17) is 4.74 Å². The maximum atomic E-state index is 11.2. The lowest BCUT2D eigenvalue weighted by Gasteiger charge is -2.21. The Bertz CT molecular complexity index is 517. The minimum absolute atomic E-state index is 0.172. The minimum atomic E-state index is -2.88. The van der Waals surface area contributed by atoms with Gasteiger partial charge in [-0.05, 0) is 19.0 Å². The number of nitrogens with one attached hydrogen (secondary N) is 1. The average molecular weight is 332 g/mol. The molecule has 120 valence electrons. The molecule has 0 aromatic heterocycles. The highest BCUT2D eigenvalue weighted by Gasteiger charge is 2.15. The van der Waals surface area contributed by atoms with Crippen molar-refractivity contribution >= 4 is 21.6 Å². The molecule has 0 saturated heterocycles. The quantitative estimate of drug-likeness (QED) is 0.668. The van der Waals surface area contributed by atoms with E-state index in [2.05, 4.69) is 18.3 Å². The summed E-state index contributed by atoms with van der Waals surface area (Å²) in [5.74, 6) is 2.55. The van der Waals surface area contributed by atoms with Crippen LogP contribution in [0.4, 0.5) is 0 Å². The Labute approximate surface area is 132 Å². The molecule has 0 heterocycles. The molecule has 0 amide bonds. The summed E-state index contributed by atoms with van der Waals surface area (Å²) in [5, 5.41) is 3.51. The van der Waals surface area contributed by atoms with Gasteiger partial charge in [0.1, 0.15) is 15.6 Å². The van der Waals surface area contributed by atoms with Crippen LogP contribution in [0.15, 0.2) is 24.3 Å². The molecule has 0 aliphatic carbocycles. The Balaban J connectivity index is 2.67. The fourth-order valence-corrected chi connectivity index (χ4v) is 4.33. The summed E-state index contributed by atoms with van der Waals surface area (Å²) >= 11 is 1.66. The molecule has 1 N–H and O–H groups in total. The highest BCUT2D eigenvalue weighted by Crippen LogP contribution is 2.27. The van der Waals surface area contributed by atoms with Crippen molar-refractivity contribution < 1.29 is 13.2 Å². The molecular formula is C15H25NO3S2. The third-order valence-corrected chi connectivity index (χ3v) is 5.30. The van der Waals surface area contributed by atoms with E-state index in [9.17, 15) is 8.42 Å². The van der Waals surface area contributed by atoms with Crippen LogP contribution in [-0.4, -0.2) is 45.6 Å². The van der Waals surface area contributed by atoms with Gasteiger partial charge in [0.25, 0.3) is 0 Å². The van der Waals surface area contributed by atoms with Crippen molar-refractivity contribution in [1.82, 2.24) is 5.32 Å². The molecule has 0 saturated carbocycles. The largest absolute Gasteiger partial charge is 0.496 e. The van der Waals surface area contributed by atoms with Crippen molar-refractivity contribution in [2.24, 2.45) is 0 Å². The molecule has 1 aromatic carbocycles. The highest BCUT2D eigenvalue weighted by molar-refractivity contribution is 8.00. The smallest absolute Gasteiger partial charge is 0.148 e. The topological polar surface area (TPSA) is 55.4 Å². The summed E-state index contributed by atoms with van der Waals surface area (Å²) in [6.07, 6.45) is 2.33. The third kappa shape index (κ3) is 7.20. The van der Waals surface area contributed by atoms with Crippen LogP contribution in [0.3, 0.4) is 0 Å². The van der Waals surface area contributed by atoms with Crippen molar-refractivity contribution in [3.8, 4) is 5.75 Å². The molecule has 1 atom stereocenters. The fraction of sp³-hybridized carbons (Fsp3) is 0.600. The monoisotopic (exact) mass is 331 g/mol. The maximum absolute atomic E-state index is 11.2. The standard InChI is InChI=1S/C15H25NO3S2/c1-4-9-16-14(12-20-10-11-21(3,17)18)13-7-5-6-8-15(13)19-2/h5-8,14,16H,4,9-12H2,1-3H3. The van der Waals surface area contributed by atoms with Crippen LogP contribution in [0, 0.1) is 0 Å². The molecule has 0 radical (unpaired) electrons. The molecule has 21 heavy (non-hydrogen) atoms. The predicted molar refractivity (Wildman–Crippen MR) is 91.1 cm³/mol. The normalized spacial score (nSPS) is 13.1. The van der Waals surface area contributed by atoms with Crippen LogP contribution in [0.5, 0.6) is 5.75 Å². The zero-order valence-electron chi connectivity index (χ0n) is 13.0. The second kappa shape index (κ2) is 9.33. The lowest BCUT2D eigenvalue weighted by Crippen LogP contribution is -2.25. The second-order valence-corrected chi connectivity index (χ2v) is 8.36. The zero-order valence-corrected chi connectivity index (χ0v) is 14.6. The van der Waals surface area contributed by atoms with Crippen LogP contribution in [-0.2, 0) is 9.84 Å². The summed E-state index contributed by atoms with van der Waals surface area (Å²) in [6, 6.07) is 8.14. The first-order valence-electron chi connectivity index (χ1n) is 7.09. The first kappa shape index (κ1) is 18.3. The van der Waals surface area contributed by atoms with Crippen LogP contribution in [0.25, 0.3) is 0 Å². The van der Waals surface area contributed by atoms with Crippen molar-refractivity contribution in [2.45, 2.75) is 19.4 Å². The summed E-state index contributed by atoms with van der Waals surface area (Å²) < 4.78 is 27.8. The van der Waals surface area contributed by atoms with E-state index in [1.165, 1.54) is 6.26 Å². The first-order valence-corrected chi connectivity index (χ1v) is 10.3. The number of para-hydroxylation sites is 1. The van der Waals surface area contributed by atoms with Crippen LogP contribution in [0.1, 0.15) is 24.9 Å². The fourth-order valence-electron chi connectivity index (χ4n) is 1.94. The summed E-state index contributed by atoms with van der Waals surface area (Å²) in [6.45, 7) is 3.05. The zero-order chi connectivity index (χ0) is 15.7. The number of ether oxygens (including phenoxy) is 1. The molecule has 1 unspecified atom stereocenters. The maximum Gasteiger partial charge on any atom is 0.148 e. The SMILES string of the molecule is CCCNC(CSCCS(C)(=O)=O)c1ccccc1OC. The number of hydrogen-bond acceptors (Lipinski definition) is 5. The van der Waals surface area contributed by atoms with Gasteiger partial charge in [0, 0.05) is 29.4 Å². The lowest BCUT2D eigenvalue weighted by molar-refractivity contribution is 0.402. The van der Waals surface area contributed by atoms with Crippen molar-refractivity contribution in [1.29, 1.82) is 0 Å². The van der Waals surface area contributed by atoms with Gasteiger partial charge in [0.15, 0.2) is 0 Å². The van der Waals surface area contributed by atoms with E-state index in [0.717, 1.165) is 30.0 Å². The molecule has 0 spiro atoms. The molecule has 0 aliphatic rings. The molecule has 6 heteroatoms. The van der Waals surface area contributed by atoms with E-state index in [1.807, 2.05) is 18.2 Å². The predicted octanol–water partition coefficient (Wildman–Crippen LogP) is 2.51. The van der Waals surface area contributed by atoms with Gasteiger partial charge >= 0.3 is 0 Å². The molecule has 0 fully saturated rings. The van der Waals surface area contributed by atoms with Crippen LogP contribution in [0.2, 0.25) is 0 Å².